The van der Waals surface area contributed by atoms with E-state index in [-0.39, 0.29) is 13.2 Å². The van der Waals surface area contributed by atoms with E-state index in [1.54, 1.807) is 6.20 Å². The van der Waals surface area contributed by atoms with Gasteiger partial charge in [0.2, 0.25) is 0 Å². The third kappa shape index (κ3) is 1.93. The van der Waals surface area contributed by atoms with Gasteiger partial charge in [0.1, 0.15) is 11.0 Å². The zero-order valence-corrected chi connectivity index (χ0v) is 11.7. The minimum Gasteiger partial charge on any atom is -0.394 e. The fourth-order valence-corrected chi connectivity index (χ4v) is 2.73. The van der Waals surface area contributed by atoms with Crippen LogP contribution in [0.5, 0.6) is 0 Å². The molecule has 3 aromatic heterocycles. The molecular formula is C16H14N4O2. The van der Waals surface area contributed by atoms with Gasteiger partial charge in [0.05, 0.1) is 24.8 Å². The van der Waals surface area contributed by atoms with E-state index in [1.807, 2.05) is 41.0 Å². The molecule has 6 nitrogen and oxygen atoms in total. The van der Waals surface area contributed by atoms with E-state index in [2.05, 4.69) is 15.0 Å². The molecule has 0 amide bonds. The van der Waals surface area contributed by atoms with Crippen molar-refractivity contribution in [2.75, 3.05) is 6.61 Å². The molecule has 1 aromatic carbocycles. The Kier molecular flexibility index (Phi) is 2.99. The molecule has 4 aromatic rings. The van der Waals surface area contributed by atoms with Gasteiger partial charge < -0.3 is 14.8 Å². The summed E-state index contributed by atoms with van der Waals surface area (Å²) < 4.78 is 1.89. The van der Waals surface area contributed by atoms with Crippen molar-refractivity contribution in [1.82, 2.24) is 19.5 Å². The lowest BCUT2D eigenvalue weighted by molar-refractivity contribution is 0.0830. The van der Waals surface area contributed by atoms with Crippen LogP contribution in [0.15, 0.2) is 42.6 Å². The maximum Gasteiger partial charge on any atom is 0.178 e. The predicted octanol–water partition coefficient (Wildman–Crippen LogP) is 1.49. The Labute approximate surface area is 125 Å². The molecule has 0 saturated heterocycles. The van der Waals surface area contributed by atoms with Crippen molar-refractivity contribution in [3.63, 3.8) is 0 Å². The number of aliphatic hydroxyl groups excluding tert-OH is 2. The number of aliphatic hydroxyl groups is 2. The summed E-state index contributed by atoms with van der Waals surface area (Å²) >= 11 is 0. The van der Waals surface area contributed by atoms with E-state index < -0.39 is 6.10 Å². The van der Waals surface area contributed by atoms with Crippen molar-refractivity contribution in [2.24, 2.45) is 0 Å². The fourth-order valence-electron chi connectivity index (χ4n) is 2.73. The summed E-state index contributed by atoms with van der Waals surface area (Å²) in [5, 5.41) is 19.9. The molecule has 3 heterocycles. The van der Waals surface area contributed by atoms with Crippen LogP contribution in [-0.4, -0.2) is 42.4 Å². The van der Waals surface area contributed by atoms with Crippen LogP contribution in [0.25, 0.3) is 33.2 Å². The highest BCUT2D eigenvalue weighted by Gasteiger charge is 2.16. The number of para-hydroxylation sites is 1. The van der Waals surface area contributed by atoms with Gasteiger partial charge in [0.25, 0.3) is 0 Å². The number of rotatable bonds is 3. The van der Waals surface area contributed by atoms with Crippen LogP contribution in [0.4, 0.5) is 0 Å². The zero-order valence-electron chi connectivity index (χ0n) is 11.7. The van der Waals surface area contributed by atoms with Gasteiger partial charge in [-0.1, -0.05) is 18.2 Å². The monoisotopic (exact) mass is 294 g/mol. The van der Waals surface area contributed by atoms with E-state index in [0.29, 0.717) is 16.8 Å². The molecule has 0 fully saturated rings. The lowest BCUT2D eigenvalue weighted by Gasteiger charge is -2.10. The summed E-state index contributed by atoms with van der Waals surface area (Å²) in [4.78, 5) is 13.5. The number of fused-ring (bicyclic) bond motifs is 4. The Hall–Kier alpha value is -2.57. The van der Waals surface area contributed by atoms with Crippen molar-refractivity contribution in [2.45, 2.75) is 12.6 Å². The quantitative estimate of drug-likeness (QED) is 0.598. The van der Waals surface area contributed by atoms with Gasteiger partial charge in [-0.15, -0.1) is 0 Å². The lowest BCUT2D eigenvalue weighted by Crippen LogP contribution is -2.19. The SMILES string of the molecule is OCC(O)Cn1c2ccccc2c2nc3ncccc3nc21. The fraction of sp³-hybridized carbons (Fsp3) is 0.188. The van der Waals surface area contributed by atoms with Gasteiger partial charge in [-0.3, -0.25) is 0 Å². The molecule has 110 valence electrons. The number of pyridine rings is 1. The molecule has 2 N–H and O–H groups in total. The zero-order chi connectivity index (χ0) is 15.1. The first-order valence-corrected chi connectivity index (χ1v) is 7.06. The largest absolute Gasteiger partial charge is 0.394 e. The third-order valence-electron chi connectivity index (χ3n) is 3.73. The van der Waals surface area contributed by atoms with Crippen LogP contribution < -0.4 is 0 Å². The van der Waals surface area contributed by atoms with Gasteiger partial charge in [0.15, 0.2) is 11.3 Å². The Morgan fingerprint density at radius 1 is 1.09 bits per heavy atom. The molecule has 1 atom stereocenters. The van der Waals surface area contributed by atoms with Crippen molar-refractivity contribution in [3.8, 4) is 0 Å². The van der Waals surface area contributed by atoms with Gasteiger partial charge in [-0.2, -0.15) is 0 Å². The second-order valence-corrected chi connectivity index (χ2v) is 5.21. The average molecular weight is 294 g/mol. The molecule has 0 aliphatic rings. The molecule has 0 radical (unpaired) electrons. The second kappa shape index (κ2) is 5.01. The van der Waals surface area contributed by atoms with Crippen LogP contribution in [0.2, 0.25) is 0 Å². The second-order valence-electron chi connectivity index (χ2n) is 5.21. The third-order valence-corrected chi connectivity index (χ3v) is 3.73. The number of hydrogen-bond acceptors (Lipinski definition) is 5. The molecule has 1 unspecified atom stereocenters. The Bertz CT molecular complexity index is 980. The molecule has 4 rings (SSSR count). The van der Waals surface area contributed by atoms with Crippen molar-refractivity contribution < 1.29 is 10.2 Å². The summed E-state index contributed by atoms with van der Waals surface area (Å²) in [5.74, 6) is 0. The smallest absolute Gasteiger partial charge is 0.178 e. The molecule has 0 saturated carbocycles. The first-order valence-electron chi connectivity index (χ1n) is 7.06. The molecule has 6 heteroatoms. The molecular weight excluding hydrogens is 280 g/mol. The summed E-state index contributed by atoms with van der Waals surface area (Å²) in [6, 6.07) is 11.5. The normalized spacial score (nSPS) is 13.2. The number of benzene rings is 1. The molecule has 0 aliphatic carbocycles. The van der Waals surface area contributed by atoms with Gasteiger partial charge >= 0.3 is 0 Å². The number of aromatic nitrogens is 4. The topological polar surface area (TPSA) is 84.1 Å². The molecule has 0 bridgehead atoms. The van der Waals surface area contributed by atoms with E-state index in [1.165, 1.54) is 0 Å². The summed E-state index contributed by atoms with van der Waals surface area (Å²) in [6.45, 7) is -0.0302. The maximum atomic E-state index is 9.83. The lowest BCUT2D eigenvalue weighted by atomic mass is 10.2. The Morgan fingerprint density at radius 2 is 1.95 bits per heavy atom. The van der Waals surface area contributed by atoms with Crippen LogP contribution in [-0.2, 0) is 6.54 Å². The summed E-state index contributed by atoms with van der Waals surface area (Å²) in [5.41, 5.74) is 3.68. The van der Waals surface area contributed by atoms with E-state index in [0.717, 1.165) is 16.4 Å². The van der Waals surface area contributed by atoms with E-state index in [4.69, 9.17) is 5.11 Å². The van der Waals surface area contributed by atoms with Crippen molar-refractivity contribution in [3.05, 3.63) is 42.6 Å². The van der Waals surface area contributed by atoms with Crippen molar-refractivity contribution >= 4 is 33.2 Å². The molecule has 22 heavy (non-hydrogen) atoms. The highest BCUT2D eigenvalue weighted by molar-refractivity contribution is 6.06. The van der Waals surface area contributed by atoms with E-state index >= 15 is 0 Å². The van der Waals surface area contributed by atoms with Gasteiger partial charge in [0, 0.05) is 11.6 Å². The minimum atomic E-state index is -0.842. The van der Waals surface area contributed by atoms with Crippen LogP contribution >= 0.6 is 0 Å². The summed E-state index contributed by atoms with van der Waals surface area (Å²) in [7, 11) is 0. The Balaban J connectivity index is 2.11. The first kappa shape index (κ1) is 13.1. The minimum absolute atomic E-state index is 0.265. The average Bonchev–Trinajstić information content (AvgIpc) is 2.86. The van der Waals surface area contributed by atoms with Gasteiger partial charge in [-0.25, -0.2) is 15.0 Å². The number of nitrogens with zero attached hydrogens (tertiary/aromatic N) is 4. The number of hydrogen-bond donors (Lipinski definition) is 2. The van der Waals surface area contributed by atoms with Crippen LogP contribution in [0, 0.1) is 0 Å². The molecule has 0 spiro atoms. The van der Waals surface area contributed by atoms with Gasteiger partial charge in [-0.05, 0) is 18.2 Å². The standard InChI is InChI=1S/C16H14N4O2/c21-9-10(22)8-20-13-6-2-1-4-11(13)14-16(20)18-12-5-3-7-17-15(12)19-14/h1-7,10,21-22H,8-9H2. The maximum absolute atomic E-state index is 9.83. The molecule has 0 aliphatic heterocycles. The highest BCUT2D eigenvalue weighted by Crippen LogP contribution is 2.27. The van der Waals surface area contributed by atoms with Crippen LogP contribution in [0.1, 0.15) is 0 Å². The van der Waals surface area contributed by atoms with Crippen LogP contribution in [0.3, 0.4) is 0 Å². The van der Waals surface area contributed by atoms with E-state index in [9.17, 15) is 5.11 Å². The Morgan fingerprint density at radius 3 is 2.82 bits per heavy atom. The summed E-state index contributed by atoms with van der Waals surface area (Å²) in [6.07, 6.45) is 0.850. The predicted molar refractivity (Wildman–Crippen MR) is 83.4 cm³/mol. The van der Waals surface area contributed by atoms with Crippen molar-refractivity contribution in [1.29, 1.82) is 0 Å². The highest BCUT2D eigenvalue weighted by atomic mass is 16.3. The first-order chi connectivity index (χ1) is 10.8.